The summed E-state index contributed by atoms with van der Waals surface area (Å²) in [7, 11) is 0. The fourth-order valence-corrected chi connectivity index (χ4v) is 3.33. The molecule has 1 fully saturated rings. The van der Waals surface area contributed by atoms with E-state index in [9.17, 15) is 18.8 Å². The van der Waals surface area contributed by atoms with Crippen LogP contribution in [0.1, 0.15) is 16.8 Å². The molecule has 2 aromatic rings. The number of nitrogens with one attached hydrogen (secondary N) is 1. The van der Waals surface area contributed by atoms with Gasteiger partial charge in [0.05, 0.1) is 12.1 Å². The van der Waals surface area contributed by atoms with E-state index in [1.54, 1.807) is 24.3 Å². The largest absolute Gasteiger partial charge is 0.370 e. The number of amides is 3. The quantitative estimate of drug-likeness (QED) is 0.660. The highest BCUT2D eigenvalue weighted by Crippen LogP contribution is 2.26. The molecule has 1 atom stereocenters. The fraction of sp³-hybridized carbons (Fsp3) is 0.111. The Morgan fingerprint density at radius 3 is 2.32 bits per heavy atom. The molecule has 10 heteroatoms. The number of hydrazine groups is 1. The molecule has 1 heterocycles. The van der Waals surface area contributed by atoms with Crippen molar-refractivity contribution in [3.8, 4) is 0 Å². The molecule has 1 unspecified atom stereocenters. The van der Waals surface area contributed by atoms with Crippen LogP contribution in [0.4, 0.5) is 10.1 Å². The molecule has 7 nitrogen and oxygen atoms in total. The van der Waals surface area contributed by atoms with Gasteiger partial charge in [-0.15, -0.1) is 0 Å². The smallest absolute Gasteiger partial charge is 0.269 e. The summed E-state index contributed by atoms with van der Waals surface area (Å²) in [5.41, 5.74) is 8.45. The van der Waals surface area contributed by atoms with Crippen molar-refractivity contribution in [1.29, 1.82) is 0 Å². The third-order valence-corrected chi connectivity index (χ3v) is 4.93. The second kappa shape index (κ2) is 8.03. The topological polar surface area (TPSA) is 95.7 Å². The van der Waals surface area contributed by atoms with Crippen molar-refractivity contribution in [3.63, 3.8) is 0 Å². The minimum atomic E-state index is -1.10. The van der Waals surface area contributed by atoms with Crippen LogP contribution in [0.15, 0.2) is 53.0 Å². The summed E-state index contributed by atoms with van der Waals surface area (Å²) in [5, 5.41) is 1.09. The predicted octanol–water partition coefficient (Wildman–Crippen LogP) is 2.11. The number of hydrogen-bond acceptors (Lipinski definition) is 4. The lowest BCUT2D eigenvalue weighted by molar-refractivity contribution is -0.125. The van der Waals surface area contributed by atoms with Crippen LogP contribution in [-0.4, -0.2) is 33.9 Å². The number of benzene rings is 2. The number of halogens is 2. The Kier molecular flexibility index (Phi) is 5.71. The number of carbonyl (C=O) groups excluding carboxylic acids is 3. The van der Waals surface area contributed by atoms with Gasteiger partial charge < -0.3 is 5.73 Å². The van der Waals surface area contributed by atoms with Gasteiger partial charge >= 0.3 is 0 Å². The van der Waals surface area contributed by atoms with Crippen LogP contribution >= 0.6 is 28.1 Å². The molecule has 3 N–H and O–H groups in total. The van der Waals surface area contributed by atoms with E-state index in [4.69, 9.17) is 18.0 Å². The summed E-state index contributed by atoms with van der Waals surface area (Å²) in [6.45, 7) is 0. The molecule has 0 saturated carbocycles. The molecule has 1 aliphatic rings. The number of nitrogens with zero attached hydrogens (tertiary/aromatic N) is 2. The number of carbonyl (C=O) groups is 3. The van der Waals surface area contributed by atoms with Crippen LogP contribution < -0.4 is 16.1 Å². The van der Waals surface area contributed by atoms with Gasteiger partial charge in [-0.25, -0.2) is 9.40 Å². The fourth-order valence-electron chi connectivity index (χ4n) is 2.69. The summed E-state index contributed by atoms with van der Waals surface area (Å²) in [6.07, 6.45) is -0.350. The maximum absolute atomic E-state index is 13.2. The summed E-state index contributed by atoms with van der Waals surface area (Å²) in [5.74, 6) is -2.27. The van der Waals surface area contributed by atoms with Crippen LogP contribution in [0.5, 0.6) is 0 Å². The van der Waals surface area contributed by atoms with Crippen molar-refractivity contribution in [2.45, 2.75) is 12.5 Å². The summed E-state index contributed by atoms with van der Waals surface area (Å²) in [6, 6.07) is 10.6. The first-order valence-electron chi connectivity index (χ1n) is 8.05. The van der Waals surface area contributed by atoms with Crippen LogP contribution in [0.3, 0.4) is 0 Å². The molecule has 144 valence electrons. The van der Waals surface area contributed by atoms with E-state index in [1.807, 2.05) is 0 Å². The molecule has 2 aromatic carbocycles. The number of hydrogen-bond donors (Lipinski definition) is 2. The van der Waals surface area contributed by atoms with Gasteiger partial charge in [0.2, 0.25) is 11.0 Å². The lowest BCUT2D eigenvalue weighted by Gasteiger charge is -2.24. The lowest BCUT2D eigenvalue weighted by Crippen LogP contribution is -2.49. The minimum Gasteiger partial charge on any atom is -0.370 e. The second-order valence-electron chi connectivity index (χ2n) is 5.94. The zero-order valence-electron chi connectivity index (χ0n) is 14.3. The number of nitrogens with two attached hydrogens (primary N) is 1. The predicted molar refractivity (Wildman–Crippen MR) is 108 cm³/mol. The van der Waals surface area contributed by atoms with Crippen molar-refractivity contribution < 1.29 is 18.8 Å². The Hall–Kier alpha value is -2.85. The van der Waals surface area contributed by atoms with E-state index >= 15 is 0 Å². The van der Waals surface area contributed by atoms with E-state index in [1.165, 1.54) is 24.3 Å². The SMILES string of the molecule is NC(=O)CC1C(=O)N(c2ccc(F)cc2)C(=S)N1NC(=O)c1ccc(Br)cc1. The Labute approximate surface area is 173 Å². The van der Waals surface area contributed by atoms with E-state index in [2.05, 4.69) is 21.4 Å². The molecule has 1 saturated heterocycles. The molecule has 0 radical (unpaired) electrons. The van der Waals surface area contributed by atoms with Crippen molar-refractivity contribution in [3.05, 3.63) is 64.4 Å². The van der Waals surface area contributed by atoms with Crippen LogP contribution in [-0.2, 0) is 9.59 Å². The standard InChI is InChI=1S/C18H14BrFN4O3S/c19-11-3-1-10(2-4-11)16(26)22-24-14(9-15(21)25)17(27)23(18(24)28)13-7-5-12(20)6-8-13/h1-8,14H,9H2,(H2,21,25)(H,22,26). The first kappa shape index (κ1) is 19.9. The maximum atomic E-state index is 13.2. The summed E-state index contributed by atoms with van der Waals surface area (Å²) in [4.78, 5) is 38.0. The van der Waals surface area contributed by atoms with E-state index in [-0.39, 0.29) is 11.5 Å². The van der Waals surface area contributed by atoms with Crippen LogP contribution in [0, 0.1) is 5.82 Å². The molecule has 0 spiro atoms. The molecule has 0 aliphatic carbocycles. The Balaban J connectivity index is 1.90. The molecular formula is C18H14BrFN4O3S. The highest BCUT2D eigenvalue weighted by Gasteiger charge is 2.45. The number of anilines is 1. The van der Waals surface area contributed by atoms with Gasteiger partial charge in [0.1, 0.15) is 11.9 Å². The minimum absolute atomic E-state index is 0.0479. The Morgan fingerprint density at radius 1 is 1.14 bits per heavy atom. The third kappa shape index (κ3) is 4.02. The first-order valence-corrected chi connectivity index (χ1v) is 9.25. The van der Waals surface area contributed by atoms with Gasteiger partial charge in [0.25, 0.3) is 11.8 Å². The van der Waals surface area contributed by atoms with Gasteiger partial charge in [0.15, 0.2) is 0 Å². The average Bonchev–Trinajstić information content (AvgIpc) is 2.87. The van der Waals surface area contributed by atoms with Crippen LogP contribution in [0.2, 0.25) is 0 Å². The van der Waals surface area contributed by atoms with Gasteiger partial charge in [-0.2, -0.15) is 0 Å². The highest BCUT2D eigenvalue weighted by atomic mass is 79.9. The average molecular weight is 465 g/mol. The molecule has 3 amide bonds. The zero-order valence-corrected chi connectivity index (χ0v) is 16.7. The third-order valence-electron chi connectivity index (χ3n) is 4.02. The molecule has 0 aromatic heterocycles. The lowest BCUT2D eigenvalue weighted by atomic mass is 10.2. The Bertz CT molecular complexity index is 952. The normalized spacial score (nSPS) is 16.4. The molecule has 28 heavy (non-hydrogen) atoms. The molecular weight excluding hydrogens is 451 g/mol. The monoisotopic (exact) mass is 464 g/mol. The first-order chi connectivity index (χ1) is 13.3. The van der Waals surface area contributed by atoms with E-state index in [0.717, 1.165) is 14.4 Å². The summed E-state index contributed by atoms with van der Waals surface area (Å²) < 4.78 is 14.0. The van der Waals surface area contributed by atoms with Crippen molar-refractivity contribution in [2.75, 3.05) is 4.90 Å². The van der Waals surface area contributed by atoms with E-state index < -0.39 is 29.6 Å². The van der Waals surface area contributed by atoms with Crippen LogP contribution in [0.25, 0.3) is 0 Å². The second-order valence-corrected chi connectivity index (χ2v) is 7.22. The Morgan fingerprint density at radius 2 is 1.75 bits per heavy atom. The molecule has 3 rings (SSSR count). The van der Waals surface area contributed by atoms with Crippen molar-refractivity contribution in [2.24, 2.45) is 5.73 Å². The molecule has 0 bridgehead atoms. The van der Waals surface area contributed by atoms with Gasteiger partial charge in [0, 0.05) is 10.0 Å². The van der Waals surface area contributed by atoms with Gasteiger partial charge in [-0.05, 0) is 60.7 Å². The summed E-state index contributed by atoms with van der Waals surface area (Å²) >= 11 is 8.62. The molecule has 1 aliphatic heterocycles. The maximum Gasteiger partial charge on any atom is 0.269 e. The number of rotatable bonds is 5. The van der Waals surface area contributed by atoms with Gasteiger partial charge in [-0.3, -0.25) is 24.7 Å². The van der Waals surface area contributed by atoms with Crippen molar-refractivity contribution in [1.82, 2.24) is 10.4 Å². The van der Waals surface area contributed by atoms with E-state index in [0.29, 0.717) is 11.3 Å². The number of thiocarbonyl (C=S) groups is 1. The van der Waals surface area contributed by atoms with Crippen molar-refractivity contribution >= 4 is 56.7 Å². The zero-order chi connectivity index (χ0) is 20.4. The van der Waals surface area contributed by atoms with Gasteiger partial charge in [-0.1, -0.05) is 15.9 Å². The number of primary amides is 1. The highest BCUT2D eigenvalue weighted by molar-refractivity contribution is 9.10.